The summed E-state index contributed by atoms with van der Waals surface area (Å²) in [5.74, 6) is 0. The van der Waals surface area contributed by atoms with Gasteiger partial charge >= 0.3 is 0 Å². The Hall–Kier alpha value is 0.540. The van der Waals surface area contributed by atoms with E-state index >= 15 is 0 Å². The van der Waals surface area contributed by atoms with Gasteiger partial charge in [0.1, 0.15) is 0 Å². The molecule has 0 spiro atoms. The van der Waals surface area contributed by atoms with E-state index < -0.39 is 0 Å². The number of hydrogen-bond acceptors (Lipinski definition) is 4. The third-order valence-electron chi connectivity index (χ3n) is 2.10. The van der Waals surface area contributed by atoms with E-state index in [1.807, 2.05) is 14.1 Å². The Bertz CT molecular complexity index is 312. The highest BCUT2D eigenvalue weighted by atomic mass is 79.9. The van der Waals surface area contributed by atoms with Crippen LogP contribution in [-0.2, 0) is 11.3 Å². The van der Waals surface area contributed by atoms with E-state index in [9.17, 15) is 0 Å². The normalized spacial score (nSPS) is 11.4. The lowest BCUT2D eigenvalue weighted by atomic mass is 10.4. The molecule has 0 fully saturated rings. The maximum absolute atomic E-state index is 5.49. The summed E-state index contributed by atoms with van der Waals surface area (Å²) in [7, 11) is 4.10. The van der Waals surface area contributed by atoms with Gasteiger partial charge in [-0.3, -0.25) is 0 Å². The van der Waals surface area contributed by atoms with Gasteiger partial charge in [0.2, 0.25) is 0 Å². The van der Waals surface area contributed by atoms with Gasteiger partial charge < -0.3 is 15.0 Å². The highest BCUT2D eigenvalue weighted by Crippen LogP contribution is 2.32. The van der Waals surface area contributed by atoms with Crippen LogP contribution in [0, 0.1) is 0 Å². The Labute approximate surface area is 124 Å². The Kier molecular flexibility index (Phi) is 7.90. The van der Waals surface area contributed by atoms with Crippen LogP contribution in [0.1, 0.15) is 4.88 Å². The summed E-state index contributed by atoms with van der Waals surface area (Å²) in [5.41, 5.74) is 0. The first-order chi connectivity index (χ1) is 8.09. The largest absolute Gasteiger partial charge is 0.379 e. The SMILES string of the molecule is CN(C)CCOCCNCc1cc(Br)c(Br)s1. The van der Waals surface area contributed by atoms with Crippen molar-refractivity contribution in [3.63, 3.8) is 0 Å². The molecule has 6 heteroatoms. The van der Waals surface area contributed by atoms with E-state index in [1.165, 1.54) is 4.88 Å². The van der Waals surface area contributed by atoms with Crippen LogP contribution >= 0.6 is 43.2 Å². The Balaban J connectivity index is 2.01. The monoisotopic (exact) mass is 384 g/mol. The minimum absolute atomic E-state index is 0.765. The Morgan fingerprint density at radius 2 is 2.12 bits per heavy atom. The maximum Gasteiger partial charge on any atom is 0.0843 e. The third-order valence-corrected chi connectivity index (χ3v) is 5.36. The molecule has 0 atom stereocenters. The van der Waals surface area contributed by atoms with Crippen molar-refractivity contribution < 1.29 is 4.74 Å². The standard InChI is InChI=1S/C11H18Br2N2OS/c1-15(2)4-6-16-5-3-14-8-9-7-10(12)11(13)17-9/h7,14H,3-6,8H2,1-2H3. The van der Waals surface area contributed by atoms with Crippen LogP contribution in [0.3, 0.4) is 0 Å². The van der Waals surface area contributed by atoms with E-state index in [0.717, 1.165) is 41.1 Å². The number of nitrogens with one attached hydrogen (secondary N) is 1. The average Bonchev–Trinajstić information content (AvgIpc) is 2.56. The number of halogens is 2. The number of rotatable bonds is 8. The van der Waals surface area contributed by atoms with Gasteiger partial charge in [0, 0.05) is 29.0 Å². The predicted molar refractivity (Wildman–Crippen MR) is 80.8 cm³/mol. The van der Waals surface area contributed by atoms with Gasteiger partial charge in [-0.1, -0.05) is 0 Å². The summed E-state index contributed by atoms with van der Waals surface area (Å²) >= 11 is 8.71. The summed E-state index contributed by atoms with van der Waals surface area (Å²) in [6, 6.07) is 2.13. The molecule has 0 radical (unpaired) electrons. The second-order valence-corrected chi connectivity index (χ2v) is 7.24. The highest BCUT2D eigenvalue weighted by Gasteiger charge is 2.03. The molecule has 0 unspecified atom stereocenters. The number of likely N-dealkylation sites (N-methyl/N-ethyl adjacent to an activating group) is 1. The second-order valence-electron chi connectivity index (χ2n) is 3.93. The van der Waals surface area contributed by atoms with Crippen LogP contribution < -0.4 is 5.32 Å². The zero-order valence-corrected chi connectivity index (χ0v) is 14.1. The molecular formula is C11H18Br2N2OS. The fourth-order valence-electron chi connectivity index (χ4n) is 1.18. The van der Waals surface area contributed by atoms with Crippen molar-refractivity contribution in [2.45, 2.75) is 6.54 Å². The molecule has 0 aliphatic carbocycles. The lowest BCUT2D eigenvalue weighted by Crippen LogP contribution is -2.22. The molecule has 0 aromatic carbocycles. The molecule has 98 valence electrons. The van der Waals surface area contributed by atoms with Gasteiger partial charge in [0.05, 0.1) is 17.0 Å². The van der Waals surface area contributed by atoms with E-state index in [0.29, 0.717) is 0 Å². The van der Waals surface area contributed by atoms with Crippen molar-refractivity contribution in [1.29, 1.82) is 0 Å². The lowest BCUT2D eigenvalue weighted by Gasteiger charge is -2.09. The van der Waals surface area contributed by atoms with Crippen LogP contribution in [0.4, 0.5) is 0 Å². The average molecular weight is 386 g/mol. The molecule has 17 heavy (non-hydrogen) atoms. The van der Waals surface area contributed by atoms with Gasteiger partial charge in [0.25, 0.3) is 0 Å². The minimum atomic E-state index is 0.765. The highest BCUT2D eigenvalue weighted by molar-refractivity contribution is 9.13. The van der Waals surface area contributed by atoms with Crippen molar-refractivity contribution in [2.24, 2.45) is 0 Å². The van der Waals surface area contributed by atoms with E-state index in [1.54, 1.807) is 11.3 Å². The summed E-state index contributed by atoms with van der Waals surface area (Å²) in [5, 5.41) is 3.36. The van der Waals surface area contributed by atoms with E-state index in [-0.39, 0.29) is 0 Å². The van der Waals surface area contributed by atoms with Gasteiger partial charge in [-0.05, 0) is 52.0 Å². The molecule has 1 aromatic heterocycles. The van der Waals surface area contributed by atoms with E-state index in [4.69, 9.17) is 4.74 Å². The third kappa shape index (κ3) is 6.88. The fourth-order valence-corrected chi connectivity index (χ4v) is 3.33. The van der Waals surface area contributed by atoms with Crippen molar-refractivity contribution >= 4 is 43.2 Å². The molecule has 0 saturated heterocycles. The first-order valence-electron chi connectivity index (χ1n) is 5.46. The van der Waals surface area contributed by atoms with Gasteiger partial charge in [0.15, 0.2) is 0 Å². The van der Waals surface area contributed by atoms with Crippen molar-refractivity contribution in [1.82, 2.24) is 10.2 Å². The molecule has 0 bridgehead atoms. The summed E-state index contributed by atoms with van der Waals surface area (Å²) < 4.78 is 7.77. The summed E-state index contributed by atoms with van der Waals surface area (Å²) in [6.07, 6.45) is 0. The van der Waals surface area contributed by atoms with Crippen LogP contribution in [0.5, 0.6) is 0 Å². The summed E-state index contributed by atoms with van der Waals surface area (Å²) in [4.78, 5) is 3.44. The fraction of sp³-hybridized carbons (Fsp3) is 0.636. The quantitative estimate of drug-likeness (QED) is 0.696. The summed E-state index contributed by atoms with van der Waals surface area (Å²) in [6.45, 7) is 4.32. The molecular weight excluding hydrogens is 368 g/mol. The molecule has 0 saturated carbocycles. The van der Waals surface area contributed by atoms with Crippen molar-refractivity contribution in [3.8, 4) is 0 Å². The van der Waals surface area contributed by atoms with Gasteiger partial charge in [-0.25, -0.2) is 0 Å². The minimum Gasteiger partial charge on any atom is -0.379 e. The van der Waals surface area contributed by atoms with Gasteiger partial charge in [-0.15, -0.1) is 11.3 Å². The predicted octanol–water partition coefficient (Wildman–Crippen LogP) is 2.94. The molecule has 1 rings (SSSR count). The molecule has 1 N–H and O–H groups in total. The maximum atomic E-state index is 5.49. The molecule has 3 nitrogen and oxygen atoms in total. The van der Waals surface area contributed by atoms with Crippen molar-refractivity contribution in [3.05, 3.63) is 19.2 Å². The first-order valence-corrected chi connectivity index (χ1v) is 7.86. The zero-order valence-electron chi connectivity index (χ0n) is 10.1. The van der Waals surface area contributed by atoms with Gasteiger partial charge in [-0.2, -0.15) is 0 Å². The molecule has 1 heterocycles. The number of hydrogen-bond donors (Lipinski definition) is 1. The lowest BCUT2D eigenvalue weighted by molar-refractivity contribution is 0.119. The van der Waals surface area contributed by atoms with Crippen LogP contribution in [-0.4, -0.2) is 45.3 Å². The molecule has 0 aliphatic heterocycles. The molecule has 0 amide bonds. The van der Waals surface area contributed by atoms with Crippen LogP contribution in [0.25, 0.3) is 0 Å². The van der Waals surface area contributed by atoms with Crippen LogP contribution in [0.15, 0.2) is 14.3 Å². The van der Waals surface area contributed by atoms with E-state index in [2.05, 4.69) is 48.1 Å². The second kappa shape index (κ2) is 8.61. The number of nitrogens with zero attached hydrogens (tertiary/aromatic N) is 1. The molecule has 1 aromatic rings. The first kappa shape index (κ1) is 15.6. The number of thiophene rings is 1. The molecule has 0 aliphatic rings. The van der Waals surface area contributed by atoms with Crippen LogP contribution in [0.2, 0.25) is 0 Å². The van der Waals surface area contributed by atoms with Crippen molar-refractivity contribution in [2.75, 3.05) is 40.4 Å². The Morgan fingerprint density at radius 1 is 1.35 bits per heavy atom. The zero-order chi connectivity index (χ0) is 12.7. The topological polar surface area (TPSA) is 24.5 Å². The Morgan fingerprint density at radius 3 is 2.71 bits per heavy atom. The number of ether oxygens (including phenoxy) is 1. The smallest absolute Gasteiger partial charge is 0.0843 e.